The maximum atomic E-state index is 12.5. The highest BCUT2D eigenvalue weighted by Gasteiger charge is 2.28. The Morgan fingerprint density at radius 3 is 2.50 bits per heavy atom. The van der Waals surface area contributed by atoms with Gasteiger partial charge < -0.3 is 14.8 Å². The van der Waals surface area contributed by atoms with Crippen molar-refractivity contribution in [1.29, 1.82) is 0 Å². The molecule has 0 heterocycles. The standard InChI is InChI=1S/C21H24N2O5/c1-27-17-12-13-18(19(14-17)23(25)26)20(15-8-4-2-5-9-15)28-21(24)22-16-10-6-3-7-11-16/h2,4-5,8-9,12-14,16,20H,3,6-7,10-11H2,1H3,(H,22,24). The summed E-state index contributed by atoms with van der Waals surface area (Å²) in [6, 6.07) is 13.6. The Hall–Kier alpha value is -3.09. The van der Waals surface area contributed by atoms with Gasteiger partial charge in [-0.25, -0.2) is 4.79 Å². The third kappa shape index (κ3) is 4.79. The number of methoxy groups -OCH3 is 1. The number of alkyl carbamates (subject to hydrolysis) is 1. The highest BCUT2D eigenvalue weighted by Crippen LogP contribution is 2.35. The summed E-state index contributed by atoms with van der Waals surface area (Å²) >= 11 is 0. The Morgan fingerprint density at radius 1 is 1.14 bits per heavy atom. The van der Waals surface area contributed by atoms with Gasteiger partial charge in [0.2, 0.25) is 0 Å². The molecule has 0 spiro atoms. The van der Waals surface area contributed by atoms with E-state index in [1.807, 2.05) is 6.07 Å². The second-order valence-corrected chi connectivity index (χ2v) is 6.86. The molecule has 1 fully saturated rings. The van der Waals surface area contributed by atoms with Crippen molar-refractivity contribution in [3.63, 3.8) is 0 Å². The molecule has 2 aromatic carbocycles. The van der Waals surface area contributed by atoms with Crippen molar-refractivity contribution in [3.05, 3.63) is 69.8 Å². The third-order valence-electron chi connectivity index (χ3n) is 4.97. The van der Waals surface area contributed by atoms with Crippen LogP contribution in [0.1, 0.15) is 49.3 Å². The second-order valence-electron chi connectivity index (χ2n) is 6.86. The van der Waals surface area contributed by atoms with Gasteiger partial charge in [0.25, 0.3) is 5.69 Å². The summed E-state index contributed by atoms with van der Waals surface area (Å²) in [5.41, 5.74) is 0.809. The molecule has 0 aliphatic heterocycles. The van der Waals surface area contributed by atoms with Gasteiger partial charge in [0.15, 0.2) is 6.10 Å². The number of amides is 1. The molecule has 7 heteroatoms. The summed E-state index contributed by atoms with van der Waals surface area (Å²) in [5, 5.41) is 14.5. The fraction of sp³-hybridized carbons (Fsp3) is 0.381. The van der Waals surface area contributed by atoms with Gasteiger partial charge in [-0.1, -0.05) is 49.6 Å². The van der Waals surface area contributed by atoms with E-state index in [9.17, 15) is 14.9 Å². The lowest BCUT2D eigenvalue weighted by atomic mass is 9.96. The number of rotatable bonds is 6. The predicted molar refractivity (Wildman–Crippen MR) is 104 cm³/mol. The van der Waals surface area contributed by atoms with E-state index in [2.05, 4.69) is 5.32 Å². The van der Waals surface area contributed by atoms with Gasteiger partial charge in [-0.15, -0.1) is 0 Å². The number of nitrogens with one attached hydrogen (secondary N) is 1. The minimum atomic E-state index is -0.893. The lowest BCUT2D eigenvalue weighted by Gasteiger charge is -2.25. The van der Waals surface area contributed by atoms with Crippen LogP contribution >= 0.6 is 0 Å². The van der Waals surface area contributed by atoms with Crippen LogP contribution in [-0.4, -0.2) is 24.2 Å². The quantitative estimate of drug-likeness (QED) is 0.573. The Morgan fingerprint density at radius 2 is 1.86 bits per heavy atom. The van der Waals surface area contributed by atoms with Crippen LogP contribution in [0.2, 0.25) is 0 Å². The molecule has 1 N–H and O–H groups in total. The van der Waals surface area contributed by atoms with Crippen LogP contribution in [0.5, 0.6) is 5.75 Å². The van der Waals surface area contributed by atoms with Gasteiger partial charge >= 0.3 is 6.09 Å². The number of nitro benzene ring substituents is 1. The monoisotopic (exact) mass is 384 g/mol. The molecular weight excluding hydrogens is 360 g/mol. The number of carbonyl (C=O) groups excluding carboxylic acids is 1. The summed E-state index contributed by atoms with van der Waals surface area (Å²) < 4.78 is 10.8. The minimum Gasteiger partial charge on any atom is -0.497 e. The van der Waals surface area contributed by atoms with Gasteiger partial charge in [-0.3, -0.25) is 10.1 Å². The van der Waals surface area contributed by atoms with Gasteiger partial charge in [-0.2, -0.15) is 0 Å². The number of ether oxygens (including phenoxy) is 2. The summed E-state index contributed by atoms with van der Waals surface area (Å²) in [5.74, 6) is 0.369. The zero-order chi connectivity index (χ0) is 19.9. The normalized spacial score (nSPS) is 15.5. The molecule has 0 aromatic heterocycles. The van der Waals surface area contributed by atoms with Crippen molar-refractivity contribution in [1.82, 2.24) is 5.32 Å². The topological polar surface area (TPSA) is 90.7 Å². The molecular formula is C21H24N2O5. The van der Waals surface area contributed by atoms with E-state index in [-0.39, 0.29) is 11.7 Å². The van der Waals surface area contributed by atoms with Crippen LogP contribution in [0.3, 0.4) is 0 Å². The zero-order valence-electron chi connectivity index (χ0n) is 15.8. The van der Waals surface area contributed by atoms with Crippen molar-refractivity contribution in [2.45, 2.75) is 44.2 Å². The fourth-order valence-electron chi connectivity index (χ4n) is 3.52. The fourth-order valence-corrected chi connectivity index (χ4v) is 3.52. The Labute approximate surface area is 163 Å². The van der Waals surface area contributed by atoms with Crippen LogP contribution in [0.25, 0.3) is 0 Å². The van der Waals surface area contributed by atoms with E-state index in [0.717, 1.165) is 25.7 Å². The first kappa shape index (κ1) is 19.7. The Bertz CT molecular complexity index is 819. The summed E-state index contributed by atoms with van der Waals surface area (Å²) in [4.78, 5) is 23.7. The SMILES string of the molecule is COc1ccc(C(OC(=O)NC2CCCCC2)c2ccccc2)c([N+](=O)[O-])c1. The minimum absolute atomic E-state index is 0.0866. The van der Waals surface area contributed by atoms with E-state index in [1.165, 1.54) is 19.6 Å². The predicted octanol–water partition coefficient (Wildman–Crippen LogP) is 4.75. The smallest absolute Gasteiger partial charge is 0.408 e. The van der Waals surface area contributed by atoms with E-state index in [1.54, 1.807) is 36.4 Å². The number of hydrogen-bond donors (Lipinski definition) is 1. The third-order valence-corrected chi connectivity index (χ3v) is 4.97. The first-order chi connectivity index (χ1) is 13.6. The van der Waals surface area contributed by atoms with Gasteiger partial charge in [0.1, 0.15) is 5.75 Å². The lowest BCUT2D eigenvalue weighted by Crippen LogP contribution is -2.37. The molecule has 1 unspecified atom stereocenters. The first-order valence-corrected chi connectivity index (χ1v) is 9.43. The molecule has 1 amide bonds. The van der Waals surface area contributed by atoms with Crippen LogP contribution in [0.15, 0.2) is 48.5 Å². The molecule has 28 heavy (non-hydrogen) atoms. The number of hydrogen-bond acceptors (Lipinski definition) is 5. The Kier molecular flexibility index (Phi) is 6.47. The number of nitro groups is 1. The number of carbonyl (C=O) groups is 1. The van der Waals surface area contributed by atoms with Crippen molar-refractivity contribution in [2.24, 2.45) is 0 Å². The highest BCUT2D eigenvalue weighted by molar-refractivity contribution is 5.69. The van der Waals surface area contributed by atoms with E-state index in [0.29, 0.717) is 16.9 Å². The lowest BCUT2D eigenvalue weighted by molar-refractivity contribution is -0.386. The van der Waals surface area contributed by atoms with E-state index in [4.69, 9.17) is 9.47 Å². The number of benzene rings is 2. The zero-order valence-corrected chi connectivity index (χ0v) is 15.8. The van der Waals surface area contributed by atoms with Crippen molar-refractivity contribution in [3.8, 4) is 5.75 Å². The van der Waals surface area contributed by atoms with Crippen LogP contribution in [0, 0.1) is 10.1 Å². The van der Waals surface area contributed by atoms with Crippen molar-refractivity contribution >= 4 is 11.8 Å². The Balaban J connectivity index is 1.90. The molecule has 1 saturated carbocycles. The highest BCUT2D eigenvalue weighted by atomic mass is 16.6. The molecule has 0 radical (unpaired) electrons. The molecule has 2 aromatic rings. The van der Waals surface area contributed by atoms with Crippen LogP contribution < -0.4 is 10.1 Å². The van der Waals surface area contributed by atoms with Gasteiger partial charge in [0.05, 0.1) is 23.7 Å². The van der Waals surface area contributed by atoms with Gasteiger partial charge in [0, 0.05) is 6.04 Å². The summed E-state index contributed by atoms with van der Waals surface area (Å²) in [7, 11) is 1.45. The largest absolute Gasteiger partial charge is 0.497 e. The van der Waals surface area contributed by atoms with Crippen LogP contribution in [0.4, 0.5) is 10.5 Å². The van der Waals surface area contributed by atoms with Crippen LogP contribution in [-0.2, 0) is 4.74 Å². The molecule has 3 rings (SSSR count). The first-order valence-electron chi connectivity index (χ1n) is 9.43. The van der Waals surface area contributed by atoms with E-state index < -0.39 is 17.1 Å². The maximum Gasteiger partial charge on any atom is 0.408 e. The van der Waals surface area contributed by atoms with Crippen molar-refractivity contribution < 1.29 is 19.2 Å². The second kappa shape index (κ2) is 9.21. The van der Waals surface area contributed by atoms with E-state index >= 15 is 0 Å². The number of nitrogens with zero attached hydrogens (tertiary/aromatic N) is 1. The molecule has 0 bridgehead atoms. The average molecular weight is 384 g/mol. The molecule has 0 saturated heterocycles. The maximum absolute atomic E-state index is 12.5. The molecule has 7 nitrogen and oxygen atoms in total. The molecule has 1 aliphatic carbocycles. The summed E-state index contributed by atoms with van der Waals surface area (Å²) in [6.07, 6.45) is 3.73. The molecule has 1 aliphatic rings. The molecule has 1 atom stereocenters. The van der Waals surface area contributed by atoms with Crippen molar-refractivity contribution in [2.75, 3.05) is 7.11 Å². The average Bonchev–Trinajstić information content (AvgIpc) is 2.73. The van der Waals surface area contributed by atoms with Gasteiger partial charge in [-0.05, 0) is 30.5 Å². The summed E-state index contributed by atoms with van der Waals surface area (Å²) in [6.45, 7) is 0. The molecule has 148 valence electrons.